The van der Waals surface area contributed by atoms with Crippen LogP contribution < -0.4 is 20.1 Å². The zero-order valence-electron chi connectivity index (χ0n) is 25.6. The van der Waals surface area contributed by atoms with Crippen LogP contribution in [0.1, 0.15) is 54.9 Å². The largest absolute Gasteiger partial charge is 0.486 e. The summed E-state index contributed by atoms with van der Waals surface area (Å²) in [5.41, 5.74) is 3.79. The molecule has 46 heavy (non-hydrogen) atoms. The lowest BCUT2D eigenvalue weighted by Crippen LogP contribution is -2.45. The predicted octanol–water partition coefficient (Wildman–Crippen LogP) is 4.35. The van der Waals surface area contributed by atoms with Crippen LogP contribution in [0.2, 0.25) is 0 Å². The van der Waals surface area contributed by atoms with Gasteiger partial charge in [0.2, 0.25) is 0 Å². The monoisotopic (exact) mass is 624 g/mol. The number of hydrogen-bond donors (Lipinski definition) is 3. The van der Waals surface area contributed by atoms with Crippen molar-refractivity contribution in [1.29, 1.82) is 0 Å². The molecular formula is C35H33FN4O6. The Bertz CT molecular complexity index is 1850. The maximum Gasteiger partial charge on any atom is 0.258 e. The molecule has 7 rings (SSSR count). The summed E-state index contributed by atoms with van der Waals surface area (Å²) in [6.45, 7) is 5.21. The van der Waals surface area contributed by atoms with Crippen LogP contribution in [-0.2, 0) is 11.3 Å². The molecule has 2 atom stereocenters. The van der Waals surface area contributed by atoms with E-state index >= 15 is 4.39 Å². The number of likely N-dealkylation sites (tertiary alicyclic amines) is 1. The fraction of sp³-hybridized carbons (Fsp3) is 0.257. The number of nitrogens with zero attached hydrogens (tertiary/aromatic N) is 1. The molecule has 1 fully saturated rings. The van der Waals surface area contributed by atoms with Crippen molar-refractivity contribution in [1.82, 2.24) is 20.5 Å². The number of aromatic amines is 1. The van der Waals surface area contributed by atoms with Gasteiger partial charge < -0.3 is 30.0 Å². The van der Waals surface area contributed by atoms with Gasteiger partial charge in [-0.2, -0.15) is 0 Å². The minimum Gasteiger partial charge on any atom is -0.486 e. The van der Waals surface area contributed by atoms with Crippen LogP contribution in [-0.4, -0.2) is 65.2 Å². The first-order valence-corrected chi connectivity index (χ1v) is 14.9. The Morgan fingerprint density at radius 3 is 2.43 bits per heavy atom. The molecule has 3 aliphatic rings. The van der Waals surface area contributed by atoms with E-state index in [2.05, 4.69) is 15.6 Å². The van der Waals surface area contributed by atoms with Gasteiger partial charge in [-0.1, -0.05) is 30.3 Å². The number of nitrogens with one attached hydrogen (secondary N) is 3. The molecule has 4 heterocycles. The van der Waals surface area contributed by atoms with Gasteiger partial charge in [0.1, 0.15) is 23.4 Å². The van der Waals surface area contributed by atoms with Gasteiger partial charge in [-0.3, -0.25) is 19.2 Å². The number of rotatable bonds is 2. The Morgan fingerprint density at radius 1 is 0.935 bits per heavy atom. The van der Waals surface area contributed by atoms with Crippen molar-refractivity contribution in [3.8, 4) is 22.6 Å². The van der Waals surface area contributed by atoms with Crippen molar-refractivity contribution in [2.75, 3.05) is 19.7 Å². The molecule has 3 amide bonds. The van der Waals surface area contributed by atoms with Crippen LogP contribution in [0.15, 0.2) is 66.7 Å². The topological polar surface area (TPSA) is 130 Å². The summed E-state index contributed by atoms with van der Waals surface area (Å²) in [6.07, 6.45) is -0.670. The molecule has 0 radical (unpaired) electrons. The molecule has 0 unspecified atom stereocenters. The van der Waals surface area contributed by atoms with Gasteiger partial charge in [0.25, 0.3) is 17.7 Å². The van der Waals surface area contributed by atoms with Crippen molar-refractivity contribution >= 4 is 23.5 Å². The summed E-state index contributed by atoms with van der Waals surface area (Å²) in [5, 5.41) is 5.74. The number of carbonyl (C=O) groups excluding carboxylic acids is 4. The Balaban J connectivity index is 1.34. The summed E-state index contributed by atoms with van der Waals surface area (Å²) >= 11 is 0. The number of ketones is 1. The summed E-state index contributed by atoms with van der Waals surface area (Å²) in [7, 11) is 0. The third-order valence-corrected chi connectivity index (χ3v) is 8.32. The number of amides is 3. The molecule has 236 valence electrons. The highest BCUT2D eigenvalue weighted by Gasteiger charge is 2.40. The lowest BCUT2D eigenvalue weighted by molar-refractivity contribution is -0.123. The molecule has 1 aromatic heterocycles. The van der Waals surface area contributed by atoms with Gasteiger partial charge in [-0.25, -0.2) is 4.39 Å². The molecule has 6 bridgehead atoms. The molecule has 3 N–H and O–H groups in total. The number of aromatic nitrogens is 1. The molecule has 0 aliphatic carbocycles. The molecule has 10 nitrogen and oxygen atoms in total. The first-order chi connectivity index (χ1) is 22.1. The fourth-order valence-corrected chi connectivity index (χ4v) is 5.93. The average molecular weight is 625 g/mol. The smallest absolute Gasteiger partial charge is 0.258 e. The summed E-state index contributed by atoms with van der Waals surface area (Å²) in [6, 6.07) is 17.6. The second-order valence-electron chi connectivity index (χ2n) is 11.6. The van der Waals surface area contributed by atoms with Crippen LogP contribution in [0.3, 0.4) is 0 Å². The minimum atomic E-state index is -0.707. The number of aryl methyl sites for hydroxylation is 1. The lowest BCUT2D eigenvalue weighted by atomic mass is 10.0. The standard InChI is InChI=1S/C35H33FN4O6/c1-19-32(20(2)38-33(19)21(3)41)35(44)40-16-29-30(17-40)46-25-10-7-22(8-11-25)15-37-31(42)18-45-26-6-4-5-23(13-26)24-9-12-28(36)27(14-24)34(43)39-29/h4-14,29-30,38H,15-18H2,1-3H3,(H,37,42)(H,39,43)/t29-,30-/m0/s1. The normalized spacial score (nSPS) is 18.1. The first-order valence-electron chi connectivity index (χ1n) is 14.9. The number of H-pyrrole nitrogens is 1. The van der Waals surface area contributed by atoms with E-state index in [9.17, 15) is 19.2 Å². The number of carbonyl (C=O) groups is 4. The number of hydrogen-bond acceptors (Lipinski definition) is 6. The van der Waals surface area contributed by atoms with E-state index in [4.69, 9.17) is 9.47 Å². The van der Waals surface area contributed by atoms with Crippen LogP contribution in [0.4, 0.5) is 4.39 Å². The highest BCUT2D eigenvalue weighted by Crippen LogP contribution is 2.28. The SMILES string of the molecule is CC(=O)c1[nH]c(C)c(C(=O)N2C[C@@H]3NC(=O)c4cc(ccc4F)-c4cccc(c4)OCC(=O)NCc4ccc(cc4)O[C@H]3C2)c1C. The summed E-state index contributed by atoms with van der Waals surface area (Å²) in [4.78, 5) is 56.6. The van der Waals surface area contributed by atoms with Gasteiger partial charge in [-0.05, 0) is 72.5 Å². The van der Waals surface area contributed by atoms with Crippen LogP contribution in [0, 0.1) is 19.7 Å². The van der Waals surface area contributed by atoms with Crippen LogP contribution >= 0.6 is 0 Å². The molecule has 3 aromatic carbocycles. The lowest BCUT2D eigenvalue weighted by Gasteiger charge is -2.21. The van der Waals surface area contributed by atoms with Crippen LogP contribution in [0.25, 0.3) is 11.1 Å². The van der Waals surface area contributed by atoms with E-state index in [1.54, 1.807) is 73.3 Å². The Kier molecular flexibility index (Phi) is 8.31. The van der Waals surface area contributed by atoms with E-state index in [0.29, 0.717) is 45.1 Å². The maximum absolute atomic E-state index is 15.1. The number of halogens is 1. The third kappa shape index (κ3) is 6.21. The van der Waals surface area contributed by atoms with Gasteiger partial charge in [-0.15, -0.1) is 0 Å². The molecule has 3 aliphatic heterocycles. The highest BCUT2D eigenvalue weighted by molar-refractivity contribution is 6.03. The van der Waals surface area contributed by atoms with Crippen molar-refractivity contribution < 1.29 is 33.0 Å². The zero-order valence-corrected chi connectivity index (χ0v) is 25.6. The second kappa shape index (κ2) is 12.5. The van der Waals surface area contributed by atoms with Crippen molar-refractivity contribution in [2.45, 2.75) is 39.5 Å². The third-order valence-electron chi connectivity index (χ3n) is 8.32. The van der Waals surface area contributed by atoms with Gasteiger partial charge in [0.05, 0.1) is 29.4 Å². The number of Topliss-reactive ketones (excluding diaryl/α,β-unsaturated/α-hetero) is 1. The number of ether oxygens (including phenoxy) is 2. The first kappa shape index (κ1) is 30.6. The number of fused-ring (bicyclic) bond motifs is 7. The van der Waals surface area contributed by atoms with E-state index in [0.717, 1.165) is 5.56 Å². The average Bonchev–Trinajstić information content (AvgIpc) is 3.58. The van der Waals surface area contributed by atoms with Crippen molar-refractivity contribution in [3.63, 3.8) is 0 Å². The second-order valence-corrected chi connectivity index (χ2v) is 11.6. The molecular weight excluding hydrogens is 591 g/mol. The van der Waals surface area contributed by atoms with Crippen molar-refractivity contribution in [2.24, 2.45) is 0 Å². The van der Waals surface area contributed by atoms with E-state index in [1.807, 2.05) is 0 Å². The predicted molar refractivity (Wildman–Crippen MR) is 167 cm³/mol. The highest BCUT2D eigenvalue weighted by atomic mass is 19.1. The van der Waals surface area contributed by atoms with Crippen molar-refractivity contribution in [3.05, 3.63) is 106 Å². The molecule has 4 aromatic rings. The summed E-state index contributed by atoms with van der Waals surface area (Å²) < 4.78 is 27.1. The van der Waals surface area contributed by atoms with E-state index < -0.39 is 23.9 Å². The fourth-order valence-electron chi connectivity index (χ4n) is 5.93. The van der Waals surface area contributed by atoms with E-state index in [-0.39, 0.29) is 49.4 Å². The van der Waals surface area contributed by atoms with Crippen LogP contribution in [0.5, 0.6) is 11.5 Å². The minimum absolute atomic E-state index is 0.0967. The number of benzene rings is 3. The molecule has 0 spiro atoms. The molecule has 1 saturated heterocycles. The Hall–Kier alpha value is -5.45. The molecule has 0 saturated carbocycles. The van der Waals surface area contributed by atoms with E-state index in [1.165, 1.54) is 19.1 Å². The maximum atomic E-state index is 15.1. The van der Waals surface area contributed by atoms with Gasteiger partial charge in [0, 0.05) is 25.7 Å². The quantitative estimate of drug-likeness (QED) is 0.285. The van der Waals surface area contributed by atoms with Gasteiger partial charge in [0.15, 0.2) is 12.4 Å². The Labute approximate surface area is 264 Å². The molecule has 11 heteroatoms. The van der Waals surface area contributed by atoms with Gasteiger partial charge >= 0.3 is 0 Å². The Morgan fingerprint density at radius 2 is 1.70 bits per heavy atom. The summed E-state index contributed by atoms with van der Waals surface area (Å²) in [5.74, 6) is -1.22. The zero-order chi connectivity index (χ0) is 32.5.